The Balaban J connectivity index is 1.24. The Bertz CT molecular complexity index is 1260. The van der Waals surface area contributed by atoms with Gasteiger partial charge in [-0.3, -0.25) is 5.10 Å². The van der Waals surface area contributed by atoms with E-state index in [0.717, 1.165) is 52.9 Å². The Hall–Kier alpha value is -3.18. The lowest BCUT2D eigenvalue weighted by atomic mass is 9.90. The van der Waals surface area contributed by atoms with Gasteiger partial charge in [0.1, 0.15) is 0 Å². The number of hydrogen-bond acceptors (Lipinski definition) is 4. The maximum atomic E-state index is 6.06. The zero-order valence-corrected chi connectivity index (χ0v) is 18.6. The Morgan fingerprint density at radius 3 is 2.44 bits per heavy atom. The molecule has 160 valence electrons. The third kappa shape index (κ3) is 3.56. The molecule has 0 fully saturated rings. The molecular weight excluding hydrogens is 418 g/mol. The van der Waals surface area contributed by atoms with Gasteiger partial charge in [0.25, 0.3) is 0 Å². The van der Waals surface area contributed by atoms with Crippen molar-refractivity contribution in [1.82, 2.24) is 20.4 Å². The second-order valence-corrected chi connectivity index (χ2v) is 9.11. The van der Waals surface area contributed by atoms with Crippen LogP contribution >= 0.6 is 11.6 Å². The minimum Gasteiger partial charge on any atom is -0.350 e. The lowest BCUT2D eigenvalue weighted by Crippen LogP contribution is -2.31. The molecule has 32 heavy (non-hydrogen) atoms. The van der Waals surface area contributed by atoms with Crippen molar-refractivity contribution in [2.24, 2.45) is 0 Å². The fourth-order valence-electron chi connectivity index (χ4n) is 4.88. The molecule has 1 aliphatic carbocycles. The number of nitrogens with one attached hydrogen (secondary N) is 1. The van der Waals surface area contributed by atoms with Crippen LogP contribution in [0, 0.1) is 0 Å². The van der Waals surface area contributed by atoms with Crippen LogP contribution in [-0.4, -0.2) is 26.9 Å². The summed E-state index contributed by atoms with van der Waals surface area (Å²) in [5.41, 5.74) is 9.53. The van der Waals surface area contributed by atoms with Gasteiger partial charge in [-0.1, -0.05) is 35.9 Å². The molecule has 0 atom stereocenters. The Morgan fingerprint density at radius 1 is 0.812 bits per heavy atom. The van der Waals surface area contributed by atoms with Gasteiger partial charge >= 0.3 is 0 Å². The first-order valence-electron chi connectivity index (χ1n) is 11.3. The van der Waals surface area contributed by atoms with Gasteiger partial charge in [0, 0.05) is 46.9 Å². The highest BCUT2D eigenvalue weighted by molar-refractivity contribution is 6.30. The standard InChI is InChI=1S/C26H24ClN5/c27-21-9-7-18(8-10-21)26-22-16-32(14-13-24(22)29-31-26)25-12-11-23(28-30-25)20-6-5-17-3-1-2-4-19(17)15-20/h5-12,15H,1-4,13-14,16H2,(H,29,31). The van der Waals surface area contributed by atoms with Crippen LogP contribution < -0.4 is 4.90 Å². The number of anilines is 1. The Labute approximate surface area is 192 Å². The summed E-state index contributed by atoms with van der Waals surface area (Å²) in [6.45, 7) is 1.65. The molecule has 2 aromatic heterocycles. The van der Waals surface area contributed by atoms with Crippen LogP contribution in [0.2, 0.25) is 5.02 Å². The molecule has 2 aliphatic rings. The summed E-state index contributed by atoms with van der Waals surface area (Å²) in [4.78, 5) is 2.28. The molecule has 1 N–H and O–H groups in total. The number of aromatic amines is 1. The highest BCUT2D eigenvalue weighted by Crippen LogP contribution is 2.31. The maximum absolute atomic E-state index is 6.06. The van der Waals surface area contributed by atoms with Gasteiger partial charge in [-0.05, 0) is 67.1 Å². The van der Waals surface area contributed by atoms with Gasteiger partial charge in [0.15, 0.2) is 5.82 Å². The van der Waals surface area contributed by atoms with Crippen molar-refractivity contribution in [3.63, 3.8) is 0 Å². The molecule has 0 spiro atoms. The number of fused-ring (bicyclic) bond motifs is 2. The zero-order valence-electron chi connectivity index (χ0n) is 17.8. The van der Waals surface area contributed by atoms with Gasteiger partial charge in [-0.2, -0.15) is 5.10 Å². The molecule has 1 aliphatic heterocycles. The van der Waals surface area contributed by atoms with E-state index in [-0.39, 0.29) is 0 Å². The highest BCUT2D eigenvalue weighted by Gasteiger charge is 2.24. The van der Waals surface area contributed by atoms with Crippen molar-refractivity contribution in [2.45, 2.75) is 38.6 Å². The monoisotopic (exact) mass is 441 g/mol. The summed E-state index contributed by atoms with van der Waals surface area (Å²) in [6.07, 6.45) is 5.86. The number of aromatic nitrogens is 4. The second kappa shape index (κ2) is 8.06. The lowest BCUT2D eigenvalue weighted by molar-refractivity contribution is 0.686. The van der Waals surface area contributed by atoms with Gasteiger partial charge in [0.2, 0.25) is 0 Å². The first kappa shape index (κ1) is 19.5. The summed E-state index contributed by atoms with van der Waals surface area (Å²) >= 11 is 6.06. The molecule has 0 unspecified atom stereocenters. The largest absolute Gasteiger partial charge is 0.350 e. The molecule has 3 heterocycles. The molecule has 4 aromatic rings. The van der Waals surface area contributed by atoms with Crippen LogP contribution in [0.5, 0.6) is 0 Å². The lowest BCUT2D eigenvalue weighted by Gasteiger charge is -2.27. The second-order valence-electron chi connectivity index (χ2n) is 8.68. The topological polar surface area (TPSA) is 57.7 Å². The number of benzene rings is 2. The van der Waals surface area contributed by atoms with Gasteiger partial charge in [-0.15, -0.1) is 10.2 Å². The zero-order chi connectivity index (χ0) is 21.5. The molecule has 0 saturated heterocycles. The fraction of sp³-hybridized carbons (Fsp3) is 0.269. The predicted molar refractivity (Wildman–Crippen MR) is 128 cm³/mol. The third-order valence-corrected chi connectivity index (χ3v) is 6.92. The molecule has 0 radical (unpaired) electrons. The summed E-state index contributed by atoms with van der Waals surface area (Å²) < 4.78 is 0. The molecule has 6 rings (SSSR count). The van der Waals surface area contributed by atoms with Gasteiger partial charge in [0.05, 0.1) is 11.4 Å². The average molecular weight is 442 g/mol. The van der Waals surface area contributed by atoms with E-state index in [4.69, 9.17) is 11.6 Å². The molecule has 0 saturated carbocycles. The minimum absolute atomic E-state index is 0.731. The van der Waals surface area contributed by atoms with Crippen LogP contribution in [0.4, 0.5) is 5.82 Å². The average Bonchev–Trinajstić information content (AvgIpc) is 3.28. The van der Waals surface area contributed by atoms with Crippen LogP contribution in [0.25, 0.3) is 22.5 Å². The molecule has 2 aromatic carbocycles. The first-order valence-corrected chi connectivity index (χ1v) is 11.7. The number of rotatable bonds is 3. The van der Waals surface area contributed by atoms with Crippen molar-refractivity contribution in [3.05, 3.63) is 82.0 Å². The quantitative estimate of drug-likeness (QED) is 0.447. The third-order valence-electron chi connectivity index (χ3n) is 6.67. The SMILES string of the molecule is Clc1ccc(-c2n[nH]c3c2CN(c2ccc(-c4ccc5c(c4)CCCC5)nn2)CC3)cc1. The summed E-state index contributed by atoms with van der Waals surface area (Å²) in [5.74, 6) is 0.903. The number of nitrogens with zero attached hydrogens (tertiary/aromatic N) is 4. The van der Waals surface area contributed by atoms with Crippen molar-refractivity contribution in [1.29, 1.82) is 0 Å². The van der Waals surface area contributed by atoms with Crippen LogP contribution in [0.15, 0.2) is 54.6 Å². The number of halogens is 1. The molecule has 0 amide bonds. The van der Waals surface area contributed by atoms with Crippen molar-refractivity contribution < 1.29 is 0 Å². The number of aryl methyl sites for hydroxylation is 2. The van der Waals surface area contributed by atoms with Gasteiger partial charge < -0.3 is 4.90 Å². The van der Waals surface area contributed by atoms with E-state index < -0.39 is 0 Å². The molecule has 0 bridgehead atoms. The molecule has 6 heteroatoms. The van der Waals surface area contributed by atoms with Crippen molar-refractivity contribution >= 4 is 17.4 Å². The summed E-state index contributed by atoms with van der Waals surface area (Å²) in [6, 6.07) is 18.8. The van der Waals surface area contributed by atoms with E-state index in [1.54, 1.807) is 0 Å². The normalized spacial score (nSPS) is 15.3. The molecule has 5 nitrogen and oxygen atoms in total. The highest BCUT2D eigenvalue weighted by atomic mass is 35.5. The maximum Gasteiger partial charge on any atom is 0.151 e. The van der Waals surface area contributed by atoms with E-state index in [9.17, 15) is 0 Å². The predicted octanol–water partition coefficient (Wildman–Crippen LogP) is 5.63. The van der Waals surface area contributed by atoms with E-state index in [2.05, 4.69) is 55.6 Å². The summed E-state index contributed by atoms with van der Waals surface area (Å²) in [5, 5.41) is 17.7. The van der Waals surface area contributed by atoms with Gasteiger partial charge in [-0.25, -0.2) is 0 Å². The Kier molecular flexibility index (Phi) is 4.91. The Morgan fingerprint density at radius 2 is 1.62 bits per heavy atom. The van der Waals surface area contributed by atoms with Crippen LogP contribution in [-0.2, 0) is 25.8 Å². The van der Waals surface area contributed by atoms with Crippen molar-refractivity contribution in [3.8, 4) is 22.5 Å². The van der Waals surface area contributed by atoms with Crippen LogP contribution in [0.1, 0.15) is 35.2 Å². The summed E-state index contributed by atoms with van der Waals surface area (Å²) in [7, 11) is 0. The van der Waals surface area contributed by atoms with E-state index in [0.29, 0.717) is 0 Å². The fourth-order valence-corrected chi connectivity index (χ4v) is 5.00. The smallest absolute Gasteiger partial charge is 0.151 e. The molecular formula is C26H24ClN5. The van der Waals surface area contributed by atoms with E-state index in [1.165, 1.54) is 48.1 Å². The minimum atomic E-state index is 0.731. The first-order chi connectivity index (χ1) is 15.7. The van der Waals surface area contributed by atoms with E-state index >= 15 is 0 Å². The number of hydrogen-bond donors (Lipinski definition) is 1. The van der Waals surface area contributed by atoms with Crippen molar-refractivity contribution in [2.75, 3.05) is 11.4 Å². The van der Waals surface area contributed by atoms with E-state index in [1.807, 2.05) is 24.3 Å². The number of H-pyrrole nitrogens is 1. The van der Waals surface area contributed by atoms with Crippen LogP contribution in [0.3, 0.4) is 0 Å².